The first kappa shape index (κ1) is 24.6. The quantitative estimate of drug-likeness (QED) is 0.279. The summed E-state index contributed by atoms with van der Waals surface area (Å²) in [6.45, 7) is 4.84. The number of benzene rings is 1. The molecule has 1 aromatic rings. The number of carbonyl (C=O) groups is 5. The van der Waals surface area contributed by atoms with Gasteiger partial charge < -0.3 is 26.0 Å². The molecule has 0 aromatic heterocycles. The van der Waals surface area contributed by atoms with Gasteiger partial charge in [-0.15, -0.1) is 0 Å². The van der Waals surface area contributed by atoms with E-state index < -0.39 is 23.8 Å². The van der Waals surface area contributed by atoms with Crippen molar-refractivity contribution in [1.82, 2.24) is 16.0 Å². The molecule has 0 radical (unpaired) electrons. The van der Waals surface area contributed by atoms with Gasteiger partial charge in [-0.1, -0.05) is 32.9 Å². The maximum absolute atomic E-state index is 12.3. The third kappa shape index (κ3) is 9.18. The Morgan fingerprint density at radius 1 is 1.03 bits per heavy atom. The SMILES string of the molecule is CCC(=O)OCc1ccc(NC(=O)CNC(=O)C(NC(=O)CNC=O)C(C)C)cc1. The zero-order valence-electron chi connectivity index (χ0n) is 17.3. The van der Waals surface area contributed by atoms with Crippen LogP contribution < -0.4 is 21.3 Å². The monoisotopic (exact) mass is 420 g/mol. The van der Waals surface area contributed by atoms with E-state index in [9.17, 15) is 24.0 Å². The summed E-state index contributed by atoms with van der Waals surface area (Å²) in [5.41, 5.74) is 1.30. The maximum atomic E-state index is 12.3. The standard InChI is InChI=1S/C20H28N4O6/c1-4-18(28)30-11-14-5-7-15(8-6-14)23-17(27)10-22-20(29)19(13(2)3)24-16(26)9-21-12-25/h5-8,12-13,19H,4,9-11H2,1-3H3,(H,21,25)(H,22,29)(H,23,27)(H,24,26). The van der Waals surface area contributed by atoms with Crippen LogP contribution >= 0.6 is 0 Å². The predicted molar refractivity (Wildman–Crippen MR) is 109 cm³/mol. The molecule has 4 N–H and O–H groups in total. The van der Waals surface area contributed by atoms with Crippen molar-refractivity contribution in [1.29, 1.82) is 0 Å². The van der Waals surface area contributed by atoms with Gasteiger partial charge in [-0.25, -0.2) is 0 Å². The second-order valence-electron chi connectivity index (χ2n) is 6.77. The fraction of sp³-hybridized carbons (Fsp3) is 0.450. The lowest BCUT2D eigenvalue weighted by atomic mass is 10.0. The van der Waals surface area contributed by atoms with Crippen molar-refractivity contribution in [3.8, 4) is 0 Å². The van der Waals surface area contributed by atoms with Crippen molar-refractivity contribution in [2.45, 2.75) is 39.8 Å². The number of rotatable bonds is 12. The predicted octanol–water partition coefficient (Wildman–Crippen LogP) is 0.0813. The zero-order chi connectivity index (χ0) is 22.5. The summed E-state index contributed by atoms with van der Waals surface area (Å²) in [5.74, 6) is -1.97. The summed E-state index contributed by atoms with van der Waals surface area (Å²) in [6, 6.07) is 5.91. The summed E-state index contributed by atoms with van der Waals surface area (Å²) in [4.78, 5) is 57.5. The van der Waals surface area contributed by atoms with Crippen LogP contribution in [-0.4, -0.2) is 49.2 Å². The molecule has 0 aliphatic carbocycles. The Morgan fingerprint density at radius 2 is 1.70 bits per heavy atom. The highest BCUT2D eigenvalue weighted by Gasteiger charge is 2.24. The molecule has 10 nitrogen and oxygen atoms in total. The van der Waals surface area contributed by atoms with Gasteiger partial charge in [-0.05, 0) is 23.6 Å². The number of esters is 1. The second kappa shape index (κ2) is 12.9. The molecule has 10 heteroatoms. The molecule has 0 aliphatic rings. The Balaban J connectivity index is 2.49. The molecule has 1 rings (SSSR count). The molecule has 4 amide bonds. The smallest absolute Gasteiger partial charge is 0.305 e. The van der Waals surface area contributed by atoms with E-state index in [4.69, 9.17) is 4.74 Å². The number of carbonyl (C=O) groups excluding carboxylic acids is 5. The molecule has 164 valence electrons. The van der Waals surface area contributed by atoms with Crippen molar-refractivity contribution in [3.63, 3.8) is 0 Å². The highest BCUT2D eigenvalue weighted by Crippen LogP contribution is 2.10. The van der Waals surface area contributed by atoms with Crippen LogP contribution in [0.3, 0.4) is 0 Å². The molecular formula is C20H28N4O6. The van der Waals surface area contributed by atoms with Crippen LogP contribution in [-0.2, 0) is 35.3 Å². The Labute approximate surface area is 175 Å². The molecule has 0 saturated carbocycles. The molecule has 1 unspecified atom stereocenters. The minimum atomic E-state index is -0.844. The third-order valence-electron chi connectivity index (χ3n) is 3.96. The van der Waals surface area contributed by atoms with Gasteiger partial charge in [0.1, 0.15) is 12.6 Å². The van der Waals surface area contributed by atoms with E-state index in [1.54, 1.807) is 45.0 Å². The number of hydrogen-bond acceptors (Lipinski definition) is 6. The summed E-state index contributed by atoms with van der Waals surface area (Å²) in [7, 11) is 0. The lowest BCUT2D eigenvalue weighted by molar-refractivity contribution is -0.144. The van der Waals surface area contributed by atoms with Gasteiger partial charge in [0, 0.05) is 12.1 Å². The largest absolute Gasteiger partial charge is 0.461 e. The first-order valence-electron chi connectivity index (χ1n) is 9.55. The van der Waals surface area contributed by atoms with Crippen molar-refractivity contribution in [2.75, 3.05) is 18.4 Å². The number of anilines is 1. The Kier molecular flexibility index (Phi) is 10.6. The summed E-state index contributed by atoms with van der Waals surface area (Å²) >= 11 is 0. The zero-order valence-corrected chi connectivity index (χ0v) is 17.3. The van der Waals surface area contributed by atoms with Gasteiger partial charge in [0.25, 0.3) is 0 Å². The Bertz CT molecular complexity index is 748. The average Bonchev–Trinajstić information content (AvgIpc) is 2.73. The average molecular weight is 420 g/mol. The van der Waals surface area contributed by atoms with Gasteiger partial charge in [0.05, 0.1) is 13.1 Å². The lowest BCUT2D eigenvalue weighted by Gasteiger charge is -2.21. The summed E-state index contributed by atoms with van der Waals surface area (Å²) in [5, 5.41) is 9.85. The van der Waals surface area contributed by atoms with Gasteiger partial charge in [0.15, 0.2) is 0 Å². The van der Waals surface area contributed by atoms with E-state index in [1.165, 1.54) is 0 Å². The number of ether oxygens (including phenoxy) is 1. The maximum Gasteiger partial charge on any atom is 0.305 e. The highest BCUT2D eigenvalue weighted by molar-refractivity contribution is 5.96. The molecule has 1 atom stereocenters. The van der Waals surface area contributed by atoms with Crippen LogP contribution in [0.2, 0.25) is 0 Å². The number of hydrogen-bond donors (Lipinski definition) is 4. The van der Waals surface area contributed by atoms with Crippen LogP contribution in [0.25, 0.3) is 0 Å². The van der Waals surface area contributed by atoms with E-state index in [0.29, 0.717) is 18.5 Å². The third-order valence-corrected chi connectivity index (χ3v) is 3.96. The lowest BCUT2D eigenvalue weighted by Crippen LogP contribution is -2.52. The van der Waals surface area contributed by atoms with E-state index in [2.05, 4.69) is 21.3 Å². The molecular weight excluding hydrogens is 392 g/mol. The van der Waals surface area contributed by atoms with Crippen molar-refractivity contribution < 1.29 is 28.7 Å². The van der Waals surface area contributed by atoms with E-state index in [-0.39, 0.29) is 31.6 Å². The molecule has 0 aliphatic heterocycles. The van der Waals surface area contributed by atoms with E-state index >= 15 is 0 Å². The van der Waals surface area contributed by atoms with Crippen molar-refractivity contribution in [3.05, 3.63) is 29.8 Å². The Morgan fingerprint density at radius 3 is 2.27 bits per heavy atom. The Hall–Kier alpha value is -3.43. The molecule has 30 heavy (non-hydrogen) atoms. The van der Waals surface area contributed by atoms with Crippen LogP contribution in [0.5, 0.6) is 0 Å². The normalized spacial score (nSPS) is 11.2. The van der Waals surface area contributed by atoms with Gasteiger partial charge in [-0.3, -0.25) is 24.0 Å². The first-order chi connectivity index (χ1) is 14.3. The fourth-order valence-corrected chi connectivity index (χ4v) is 2.33. The van der Waals surface area contributed by atoms with E-state index in [0.717, 1.165) is 5.56 Å². The molecule has 0 spiro atoms. The van der Waals surface area contributed by atoms with Crippen LogP contribution in [0.4, 0.5) is 5.69 Å². The van der Waals surface area contributed by atoms with E-state index in [1.807, 2.05) is 0 Å². The second-order valence-corrected chi connectivity index (χ2v) is 6.77. The first-order valence-corrected chi connectivity index (χ1v) is 9.55. The highest BCUT2D eigenvalue weighted by atomic mass is 16.5. The number of nitrogens with one attached hydrogen (secondary N) is 4. The molecule has 1 aromatic carbocycles. The van der Waals surface area contributed by atoms with Gasteiger partial charge in [-0.2, -0.15) is 0 Å². The molecule has 0 saturated heterocycles. The molecule has 0 heterocycles. The van der Waals surface area contributed by atoms with Crippen LogP contribution in [0.15, 0.2) is 24.3 Å². The van der Waals surface area contributed by atoms with Crippen LogP contribution in [0.1, 0.15) is 32.8 Å². The minimum absolute atomic E-state index is 0.154. The molecule has 0 fully saturated rings. The summed E-state index contributed by atoms with van der Waals surface area (Å²) < 4.78 is 5.03. The topological polar surface area (TPSA) is 143 Å². The minimum Gasteiger partial charge on any atom is -0.461 e. The van der Waals surface area contributed by atoms with Crippen molar-refractivity contribution >= 4 is 35.8 Å². The van der Waals surface area contributed by atoms with Crippen molar-refractivity contribution in [2.24, 2.45) is 5.92 Å². The fourth-order valence-electron chi connectivity index (χ4n) is 2.33. The molecule has 0 bridgehead atoms. The summed E-state index contributed by atoms with van der Waals surface area (Å²) in [6.07, 6.45) is 0.690. The van der Waals surface area contributed by atoms with Gasteiger partial charge in [0.2, 0.25) is 24.1 Å². The van der Waals surface area contributed by atoms with Gasteiger partial charge >= 0.3 is 5.97 Å². The number of amides is 4. The van der Waals surface area contributed by atoms with Crippen LogP contribution in [0, 0.1) is 5.92 Å².